The average Bonchev–Trinajstić information content (AvgIpc) is 3.08. The smallest absolute Gasteiger partial charge is 0.310 e. The Morgan fingerprint density at radius 2 is 2.28 bits per heavy atom. The molecule has 1 saturated heterocycles. The van der Waals surface area contributed by atoms with Gasteiger partial charge < -0.3 is 14.2 Å². The van der Waals surface area contributed by atoms with Crippen LogP contribution in [0.5, 0.6) is 5.75 Å². The van der Waals surface area contributed by atoms with Gasteiger partial charge in [0.25, 0.3) is 0 Å². The highest BCUT2D eigenvalue weighted by molar-refractivity contribution is 6.30. The summed E-state index contributed by atoms with van der Waals surface area (Å²) >= 11 is 5.93. The van der Waals surface area contributed by atoms with Crippen LogP contribution in [0.3, 0.4) is 0 Å². The Bertz CT molecular complexity index is 454. The van der Waals surface area contributed by atoms with E-state index in [2.05, 4.69) is 4.74 Å². The SMILES string of the molecule is COC(=O)Cc1ccc(Cl)cc1OC[C@]1(C)CO1. The summed E-state index contributed by atoms with van der Waals surface area (Å²) < 4.78 is 15.6. The molecule has 1 aliphatic rings. The molecule has 98 valence electrons. The van der Waals surface area contributed by atoms with Gasteiger partial charge in [0.05, 0.1) is 20.1 Å². The van der Waals surface area contributed by atoms with Crippen molar-refractivity contribution in [2.75, 3.05) is 20.3 Å². The van der Waals surface area contributed by atoms with Crippen LogP contribution in [-0.4, -0.2) is 31.9 Å². The maximum absolute atomic E-state index is 11.3. The van der Waals surface area contributed by atoms with E-state index >= 15 is 0 Å². The van der Waals surface area contributed by atoms with Crippen LogP contribution in [0.15, 0.2) is 18.2 Å². The van der Waals surface area contributed by atoms with Crippen LogP contribution in [0.1, 0.15) is 12.5 Å². The van der Waals surface area contributed by atoms with E-state index in [0.29, 0.717) is 24.0 Å². The lowest BCUT2D eigenvalue weighted by molar-refractivity contribution is -0.139. The fraction of sp³-hybridized carbons (Fsp3) is 0.462. The van der Waals surface area contributed by atoms with Gasteiger partial charge in [-0.05, 0) is 19.1 Å². The predicted octanol–water partition coefficient (Wildman–Crippen LogP) is 2.22. The molecule has 0 spiro atoms. The average molecular weight is 271 g/mol. The third-order valence-electron chi connectivity index (χ3n) is 2.76. The number of hydrogen-bond donors (Lipinski definition) is 0. The van der Waals surface area contributed by atoms with Crippen LogP contribution < -0.4 is 4.74 Å². The highest BCUT2D eigenvalue weighted by Crippen LogP contribution is 2.29. The van der Waals surface area contributed by atoms with Crippen LogP contribution >= 0.6 is 11.6 Å². The second-order valence-electron chi connectivity index (χ2n) is 4.53. The normalized spacial score (nSPS) is 21.5. The van der Waals surface area contributed by atoms with E-state index < -0.39 is 0 Å². The first-order valence-corrected chi connectivity index (χ1v) is 6.02. The topological polar surface area (TPSA) is 48.1 Å². The molecule has 4 nitrogen and oxygen atoms in total. The van der Waals surface area contributed by atoms with Crippen molar-refractivity contribution in [3.05, 3.63) is 28.8 Å². The number of methoxy groups -OCH3 is 1. The molecule has 1 aliphatic heterocycles. The molecule has 2 rings (SSSR count). The fourth-order valence-electron chi connectivity index (χ4n) is 1.47. The Morgan fingerprint density at radius 1 is 1.56 bits per heavy atom. The third-order valence-corrected chi connectivity index (χ3v) is 3.00. The van der Waals surface area contributed by atoms with Gasteiger partial charge in [0.2, 0.25) is 0 Å². The summed E-state index contributed by atoms with van der Waals surface area (Å²) in [7, 11) is 1.36. The van der Waals surface area contributed by atoms with Crippen molar-refractivity contribution in [3.8, 4) is 5.75 Å². The van der Waals surface area contributed by atoms with Crippen molar-refractivity contribution in [1.82, 2.24) is 0 Å². The number of rotatable bonds is 5. The van der Waals surface area contributed by atoms with Crippen LogP contribution in [-0.2, 0) is 20.7 Å². The zero-order chi connectivity index (χ0) is 13.2. The summed E-state index contributed by atoms with van der Waals surface area (Å²) in [5.74, 6) is 0.292. The van der Waals surface area contributed by atoms with E-state index in [1.165, 1.54) is 7.11 Å². The van der Waals surface area contributed by atoms with E-state index in [4.69, 9.17) is 21.1 Å². The standard InChI is InChI=1S/C13H15ClO4/c1-13(8-18-13)7-17-11-6-10(14)4-3-9(11)5-12(15)16-2/h3-4,6H,5,7-8H2,1-2H3/t13-/m1/s1. The van der Waals surface area contributed by atoms with Crippen LogP contribution in [0, 0.1) is 0 Å². The van der Waals surface area contributed by atoms with Gasteiger partial charge in [-0.25, -0.2) is 0 Å². The first-order chi connectivity index (χ1) is 8.52. The second kappa shape index (κ2) is 5.16. The van der Waals surface area contributed by atoms with Crippen molar-refractivity contribution in [2.45, 2.75) is 18.9 Å². The summed E-state index contributed by atoms with van der Waals surface area (Å²) in [5, 5.41) is 0.570. The number of epoxide rings is 1. The number of esters is 1. The minimum atomic E-state index is -0.309. The van der Waals surface area contributed by atoms with Gasteiger partial charge in [-0.3, -0.25) is 4.79 Å². The highest BCUT2D eigenvalue weighted by Gasteiger charge is 2.40. The minimum Gasteiger partial charge on any atom is -0.490 e. The van der Waals surface area contributed by atoms with Crippen LogP contribution in [0.2, 0.25) is 5.02 Å². The van der Waals surface area contributed by atoms with Gasteiger partial charge in [0.1, 0.15) is 18.0 Å². The van der Waals surface area contributed by atoms with E-state index in [0.717, 1.165) is 5.56 Å². The Hall–Kier alpha value is -1.26. The summed E-state index contributed by atoms with van der Waals surface area (Å²) in [6, 6.07) is 5.19. The van der Waals surface area contributed by atoms with Gasteiger partial charge in [-0.1, -0.05) is 17.7 Å². The zero-order valence-corrected chi connectivity index (χ0v) is 11.1. The van der Waals surface area contributed by atoms with E-state index in [-0.39, 0.29) is 18.0 Å². The van der Waals surface area contributed by atoms with Gasteiger partial charge >= 0.3 is 5.97 Å². The van der Waals surface area contributed by atoms with Gasteiger partial charge in [0, 0.05) is 10.6 Å². The van der Waals surface area contributed by atoms with E-state index in [1.54, 1.807) is 18.2 Å². The molecule has 1 fully saturated rings. The second-order valence-corrected chi connectivity index (χ2v) is 4.97. The third kappa shape index (κ3) is 3.37. The number of carbonyl (C=O) groups excluding carboxylic acids is 1. The molecule has 18 heavy (non-hydrogen) atoms. The maximum Gasteiger partial charge on any atom is 0.310 e. The molecule has 0 unspecified atom stereocenters. The molecule has 0 radical (unpaired) electrons. The van der Waals surface area contributed by atoms with Crippen molar-refractivity contribution in [1.29, 1.82) is 0 Å². The van der Waals surface area contributed by atoms with Crippen molar-refractivity contribution < 1.29 is 19.0 Å². The summed E-state index contributed by atoms with van der Waals surface area (Å²) in [6.07, 6.45) is 0.167. The summed E-state index contributed by atoms with van der Waals surface area (Å²) in [5.41, 5.74) is 0.556. The first kappa shape index (κ1) is 13.2. The Labute approximate surface area is 111 Å². The number of benzene rings is 1. The van der Waals surface area contributed by atoms with Crippen LogP contribution in [0.25, 0.3) is 0 Å². The van der Waals surface area contributed by atoms with Crippen molar-refractivity contribution in [3.63, 3.8) is 0 Å². The first-order valence-electron chi connectivity index (χ1n) is 5.64. The maximum atomic E-state index is 11.3. The minimum absolute atomic E-state index is 0.167. The Morgan fingerprint density at radius 3 is 2.89 bits per heavy atom. The Kier molecular flexibility index (Phi) is 3.78. The van der Waals surface area contributed by atoms with Crippen molar-refractivity contribution in [2.24, 2.45) is 0 Å². The lowest BCUT2D eigenvalue weighted by Crippen LogP contribution is -2.18. The van der Waals surface area contributed by atoms with Gasteiger partial charge in [-0.2, -0.15) is 0 Å². The molecule has 0 amide bonds. The summed E-state index contributed by atoms with van der Waals surface area (Å²) in [4.78, 5) is 11.3. The largest absolute Gasteiger partial charge is 0.490 e. The zero-order valence-electron chi connectivity index (χ0n) is 10.4. The van der Waals surface area contributed by atoms with E-state index in [9.17, 15) is 4.79 Å². The highest BCUT2D eigenvalue weighted by atomic mass is 35.5. The molecule has 0 aromatic heterocycles. The molecule has 1 aromatic rings. The molecule has 1 heterocycles. The molecule has 0 bridgehead atoms. The Balaban J connectivity index is 2.09. The number of carbonyl (C=O) groups is 1. The van der Waals surface area contributed by atoms with Crippen molar-refractivity contribution >= 4 is 17.6 Å². The molecule has 1 atom stereocenters. The monoisotopic (exact) mass is 270 g/mol. The molecule has 0 saturated carbocycles. The lowest BCUT2D eigenvalue weighted by Gasteiger charge is -2.13. The molecule has 5 heteroatoms. The summed E-state index contributed by atoms with van der Waals surface area (Å²) in [6.45, 7) is 3.11. The lowest BCUT2D eigenvalue weighted by atomic mass is 10.1. The predicted molar refractivity (Wildman–Crippen MR) is 67.0 cm³/mol. The van der Waals surface area contributed by atoms with Gasteiger partial charge in [0.15, 0.2) is 0 Å². The van der Waals surface area contributed by atoms with E-state index in [1.807, 2.05) is 6.92 Å². The van der Waals surface area contributed by atoms with Crippen LogP contribution in [0.4, 0.5) is 0 Å². The fourth-order valence-corrected chi connectivity index (χ4v) is 1.64. The molecule has 0 N–H and O–H groups in total. The number of hydrogen-bond acceptors (Lipinski definition) is 4. The molecular weight excluding hydrogens is 256 g/mol. The molecule has 1 aromatic carbocycles. The number of ether oxygens (including phenoxy) is 3. The number of halogens is 1. The molecule has 0 aliphatic carbocycles. The van der Waals surface area contributed by atoms with Gasteiger partial charge in [-0.15, -0.1) is 0 Å². The quantitative estimate of drug-likeness (QED) is 0.608. The molecular formula is C13H15ClO4.